The number of allylic oxidation sites excluding steroid dienone is 2. The molecule has 0 spiro atoms. The van der Waals surface area contributed by atoms with Crippen molar-refractivity contribution < 1.29 is 53.8 Å². The first-order chi connectivity index (χ1) is 27.7. The van der Waals surface area contributed by atoms with Gasteiger partial charge in [0.25, 0.3) is 0 Å². The predicted molar refractivity (Wildman–Crippen MR) is 225 cm³/mol. The van der Waals surface area contributed by atoms with Crippen molar-refractivity contribution in [2.45, 2.75) is 250 Å². The first kappa shape index (κ1) is 53.0. The van der Waals surface area contributed by atoms with Crippen molar-refractivity contribution in [2.75, 3.05) is 13.2 Å². The summed E-state index contributed by atoms with van der Waals surface area (Å²) >= 11 is 0. The van der Waals surface area contributed by atoms with Crippen LogP contribution in [0.15, 0.2) is 12.2 Å². The highest BCUT2D eigenvalue weighted by Gasteiger charge is 2.47. The number of carbonyl (C=O) groups excluding carboxylic acids is 2. The van der Waals surface area contributed by atoms with Crippen LogP contribution >= 0.6 is 0 Å². The number of ether oxygens (including phenoxy) is 4. The number of hydrogen-bond acceptors (Lipinski definition) is 10. The Morgan fingerprint density at radius 2 is 0.930 bits per heavy atom. The van der Waals surface area contributed by atoms with E-state index in [1.165, 1.54) is 128 Å². The maximum Gasteiger partial charge on any atom is 0.335 e. The normalized spacial score (nSPS) is 20.2. The minimum atomic E-state index is -1.86. The van der Waals surface area contributed by atoms with Crippen molar-refractivity contribution in [1.29, 1.82) is 0 Å². The Balaban J connectivity index is 2.33. The van der Waals surface area contributed by atoms with Gasteiger partial charge in [0.2, 0.25) is 0 Å². The molecule has 1 saturated heterocycles. The van der Waals surface area contributed by atoms with Gasteiger partial charge in [-0.15, -0.1) is 0 Å². The minimum absolute atomic E-state index is 0.187. The van der Waals surface area contributed by atoms with Gasteiger partial charge >= 0.3 is 17.9 Å². The molecule has 0 aromatic heterocycles. The third kappa shape index (κ3) is 28.9. The quantitative estimate of drug-likeness (QED) is 0.0265. The van der Waals surface area contributed by atoms with Gasteiger partial charge in [0.1, 0.15) is 24.9 Å². The molecule has 6 unspecified atom stereocenters. The molecule has 11 heteroatoms. The van der Waals surface area contributed by atoms with Crippen LogP contribution in [0.1, 0.15) is 213 Å². The van der Waals surface area contributed by atoms with Crippen molar-refractivity contribution in [1.82, 2.24) is 0 Å². The Hall–Kier alpha value is -2.05. The number of hydrogen-bond donors (Lipinski definition) is 4. The van der Waals surface area contributed by atoms with Crippen LogP contribution in [-0.2, 0) is 33.3 Å². The topological polar surface area (TPSA) is 169 Å². The van der Waals surface area contributed by atoms with E-state index in [1.54, 1.807) is 0 Å². The van der Waals surface area contributed by atoms with E-state index in [4.69, 9.17) is 18.9 Å². The molecule has 0 aromatic carbocycles. The summed E-state index contributed by atoms with van der Waals surface area (Å²) in [6.07, 6.45) is 29.8. The van der Waals surface area contributed by atoms with E-state index in [0.717, 1.165) is 44.9 Å². The van der Waals surface area contributed by atoms with Crippen molar-refractivity contribution in [2.24, 2.45) is 0 Å². The van der Waals surface area contributed by atoms with Crippen LogP contribution in [-0.4, -0.2) is 88.4 Å². The van der Waals surface area contributed by atoms with Crippen LogP contribution in [0.5, 0.6) is 0 Å². The van der Waals surface area contributed by atoms with Gasteiger partial charge in [-0.1, -0.05) is 174 Å². The molecule has 11 nitrogen and oxygen atoms in total. The van der Waals surface area contributed by atoms with Crippen LogP contribution in [0.2, 0.25) is 0 Å². The van der Waals surface area contributed by atoms with Crippen LogP contribution < -0.4 is 0 Å². The number of carboxylic acid groups (broad SMARTS) is 1. The van der Waals surface area contributed by atoms with Crippen LogP contribution in [0, 0.1) is 0 Å². The molecule has 0 aliphatic carbocycles. The van der Waals surface area contributed by atoms with Crippen molar-refractivity contribution in [3.63, 3.8) is 0 Å². The van der Waals surface area contributed by atoms with Gasteiger partial charge in [-0.3, -0.25) is 9.59 Å². The molecule has 1 heterocycles. The highest BCUT2D eigenvalue weighted by atomic mass is 16.7. The van der Waals surface area contributed by atoms with Gasteiger partial charge in [0.05, 0.1) is 6.61 Å². The highest BCUT2D eigenvalue weighted by molar-refractivity contribution is 5.73. The zero-order chi connectivity index (χ0) is 41.8. The van der Waals surface area contributed by atoms with Crippen LogP contribution in [0.3, 0.4) is 0 Å². The summed E-state index contributed by atoms with van der Waals surface area (Å²) in [6.45, 7) is 3.82. The first-order valence-electron chi connectivity index (χ1n) is 23.2. The fraction of sp³-hybridized carbons (Fsp3) is 0.891. The predicted octanol–water partition coefficient (Wildman–Crippen LogP) is 10.0. The standard InChI is InChI=1S/C46H84O11/c1-3-5-7-9-11-13-15-17-18-19-20-21-23-24-26-28-30-32-34-39(47)54-36-38(37-55-46-43(51)41(49)42(50)44(57-46)45(52)53)56-40(48)35-33-31-29-27-25-22-16-14-12-10-8-6-4-2/h18-19,38,41-44,46,49-51H,3-17,20-37H2,1-2H3,(H,52,53)/b19-18-. The Morgan fingerprint density at radius 1 is 0.526 bits per heavy atom. The number of carboxylic acids is 1. The number of rotatable bonds is 39. The summed E-state index contributed by atoms with van der Waals surface area (Å²) in [5.74, 6) is -2.44. The van der Waals surface area contributed by atoms with E-state index in [0.29, 0.717) is 12.8 Å². The summed E-state index contributed by atoms with van der Waals surface area (Å²) in [5, 5.41) is 39.8. The second-order valence-electron chi connectivity index (χ2n) is 16.3. The SMILES string of the molecule is CCCCCCCCC/C=C\CCCCCCCCCC(=O)OCC(COC1OC(C(=O)O)C(O)C(O)C1O)OC(=O)CCCCCCCCCCCCCCC. The molecule has 0 saturated carbocycles. The number of carbonyl (C=O) groups is 3. The maximum absolute atomic E-state index is 12.8. The van der Waals surface area contributed by atoms with Crippen LogP contribution in [0.4, 0.5) is 0 Å². The average molecular weight is 813 g/mol. The van der Waals surface area contributed by atoms with E-state index < -0.39 is 54.7 Å². The Labute approximate surface area is 346 Å². The number of aliphatic hydroxyl groups is 3. The monoisotopic (exact) mass is 813 g/mol. The molecule has 6 atom stereocenters. The van der Waals surface area contributed by atoms with Gasteiger partial charge < -0.3 is 39.4 Å². The summed E-state index contributed by atoms with van der Waals surface area (Å²) in [4.78, 5) is 36.8. The zero-order valence-corrected chi connectivity index (χ0v) is 36.1. The van der Waals surface area contributed by atoms with E-state index in [-0.39, 0.29) is 26.1 Å². The largest absolute Gasteiger partial charge is 0.479 e. The number of aliphatic hydroxyl groups excluding tert-OH is 3. The summed E-state index contributed by atoms with van der Waals surface area (Å²) < 4.78 is 21.7. The molecule has 0 bridgehead atoms. The Bertz CT molecular complexity index is 1000. The third-order valence-corrected chi connectivity index (χ3v) is 10.9. The van der Waals surface area contributed by atoms with Crippen LogP contribution in [0.25, 0.3) is 0 Å². The van der Waals surface area contributed by atoms with E-state index in [9.17, 15) is 34.8 Å². The molecular formula is C46H84O11. The van der Waals surface area contributed by atoms with E-state index in [2.05, 4.69) is 26.0 Å². The summed E-state index contributed by atoms with van der Waals surface area (Å²) in [7, 11) is 0. The fourth-order valence-electron chi connectivity index (χ4n) is 7.17. The molecule has 57 heavy (non-hydrogen) atoms. The second-order valence-corrected chi connectivity index (χ2v) is 16.3. The lowest BCUT2D eigenvalue weighted by Crippen LogP contribution is -2.60. The van der Waals surface area contributed by atoms with Crippen molar-refractivity contribution in [3.05, 3.63) is 12.2 Å². The molecule has 0 radical (unpaired) electrons. The summed E-state index contributed by atoms with van der Waals surface area (Å²) in [6, 6.07) is 0. The molecule has 4 N–H and O–H groups in total. The minimum Gasteiger partial charge on any atom is -0.479 e. The maximum atomic E-state index is 12.8. The molecule has 0 amide bonds. The van der Waals surface area contributed by atoms with E-state index in [1.807, 2.05) is 0 Å². The smallest absolute Gasteiger partial charge is 0.335 e. The molecule has 334 valence electrons. The Morgan fingerprint density at radius 3 is 1.37 bits per heavy atom. The highest BCUT2D eigenvalue weighted by Crippen LogP contribution is 2.23. The van der Waals surface area contributed by atoms with Gasteiger partial charge in [-0.2, -0.15) is 0 Å². The first-order valence-corrected chi connectivity index (χ1v) is 23.2. The van der Waals surface area contributed by atoms with Crippen molar-refractivity contribution in [3.8, 4) is 0 Å². The molecular weight excluding hydrogens is 728 g/mol. The summed E-state index contributed by atoms with van der Waals surface area (Å²) in [5.41, 5.74) is 0. The van der Waals surface area contributed by atoms with Gasteiger partial charge in [-0.25, -0.2) is 4.79 Å². The molecule has 1 fully saturated rings. The second kappa shape index (κ2) is 37.0. The zero-order valence-electron chi connectivity index (χ0n) is 36.1. The lowest BCUT2D eigenvalue weighted by molar-refractivity contribution is -0.298. The molecule has 1 aliphatic rings. The molecule has 1 rings (SSSR count). The number of unbranched alkanes of at least 4 members (excludes halogenated alkanes) is 26. The lowest BCUT2D eigenvalue weighted by Gasteiger charge is -2.38. The molecule has 0 aromatic rings. The van der Waals surface area contributed by atoms with Gasteiger partial charge in [-0.05, 0) is 38.5 Å². The average Bonchev–Trinajstić information content (AvgIpc) is 3.19. The molecule has 1 aliphatic heterocycles. The lowest BCUT2D eigenvalue weighted by atomic mass is 9.99. The fourth-order valence-corrected chi connectivity index (χ4v) is 7.17. The number of aliphatic carboxylic acids is 1. The van der Waals surface area contributed by atoms with E-state index >= 15 is 0 Å². The Kier molecular flexibility index (Phi) is 34.4. The van der Waals surface area contributed by atoms with Gasteiger partial charge in [0.15, 0.2) is 18.5 Å². The third-order valence-electron chi connectivity index (χ3n) is 10.9. The van der Waals surface area contributed by atoms with Crippen molar-refractivity contribution >= 4 is 17.9 Å². The number of esters is 2. The van der Waals surface area contributed by atoms with Gasteiger partial charge in [0, 0.05) is 12.8 Å².